The van der Waals surface area contributed by atoms with Gasteiger partial charge in [0, 0.05) is 25.3 Å². The van der Waals surface area contributed by atoms with E-state index in [1.54, 1.807) is 0 Å². The van der Waals surface area contributed by atoms with Crippen molar-refractivity contribution < 1.29 is 0 Å². The van der Waals surface area contributed by atoms with Crippen molar-refractivity contribution >= 4 is 5.82 Å². The summed E-state index contributed by atoms with van der Waals surface area (Å²) >= 11 is 0. The summed E-state index contributed by atoms with van der Waals surface area (Å²) in [5, 5.41) is 3.49. The van der Waals surface area contributed by atoms with Crippen LogP contribution in [0.25, 0.3) is 0 Å². The highest BCUT2D eigenvalue weighted by molar-refractivity contribution is 5.38. The van der Waals surface area contributed by atoms with Gasteiger partial charge in [-0.05, 0) is 37.6 Å². The number of hydrogen-bond acceptors (Lipinski definition) is 3. The highest BCUT2D eigenvalue weighted by Gasteiger charge is 2.20. The fourth-order valence-electron chi connectivity index (χ4n) is 2.06. The molecule has 1 fully saturated rings. The van der Waals surface area contributed by atoms with E-state index in [0.717, 1.165) is 18.9 Å². The Kier molecular flexibility index (Phi) is 3.21. The van der Waals surface area contributed by atoms with E-state index in [0.29, 0.717) is 6.04 Å². The molecule has 0 saturated carbocycles. The van der Waals surface area contributed by atoms with Gasteiger partial charge in [-0.25, -0.2) is 4.98 Å². The fraction of sp³-hybridized carbons (Fsp3) is 0.583. The average Bonchev–Trinajstić information content (AvgIpc) is 2.65. The van der Waals surface area contributed by atoms with Crippen LogP contribution in [-0.4, -0.2) is 35.6 Å². The molecule has 1 N–H and O–H groups in total. The first-order valence-corrected chi connectivity index (χ1v) is 5.69. The summed E-state index contributed by atoms with van der Waals surface area (Å²) < 4.78 is 0. The molecule has 1 aromatic rings. The highest BCUT2D eigenvalue weighted by atomic mass is 15.2. The largest absolute Gasteiger partial charge is 0.366 e. The van der Waals surface area contributed by atoms with Crippen LogP contribution < -0.4 is 5.32 Å². The summed E-state index contributed by atoms with van der Waals surface area (Å²) in [6.07, 6.45) is 3.09. The van der Waals surface area contributed by atoms with Crippen LogP contribution in [0.5, 0.6) is 0 Å². The predicted molar refractivity (Wildman–Crippen MR) is 63.1 cm³/mol. The van der Waals surface area contributed by atoms with Crippen LogP contribution in [0.15, 0.2) is 18.3 Å². The van der Waals surface area contributed by atoms with Gasteiger partial charge in [0.25, 0.3) is 0 Å². The molecule has 0 amide bonds. The molecule has 0 radical (unpaired) electrons. The third kappa shape index (κ3) is 2.69. The fourth-order valence-corrected chi connectivity index (χ4v) is 2.06. The van der Waals surface area contributed by atoms with Crippen molar-refractivity contribution in [2.24, 2.45) is 0 Å². The molecule has 0 aliphatic carbocycles. The van der Waals surface area contributed by atoms with Crippen molar-refractivity contribution in [3.8, 4) is 0 Å². The van der Waals surface area contributed by atoms with E-state index in [-0.39, 0.29) is 0 Å². The standard InChI is InChI=1S/C12H19N3/c1-3-15-7-5-11(9-15)14-12-8-10(2)4-6-13-12/h4,6,8,11H,3,5,7,9H2,1-2H3,(H,13,14). The number of likely N-dealkylation sites (tertiary alicyclic amines) is 1. The van der Waals surface area contributed by atoms with E-state index in [2.05, 4.69) is 35.1 Å². The van der Waals surface area contributed by atoms with Crippen LogP contribution in [0.3, 0.4) is 0 Å². The monoisotopic (exact) mass is 205 g/mol. The van der Waals surface area contributed by atoms with Crippen molar-refractivity contribution in [3.63, 3.8) is 0 Å². The second-order valence-corrected chi connectivity index (χ2v) is 4.24. The Morgan fingerprint density at radius 2 is 2.47 bits per heavy atom. The molecule has 82 valence electrons. The second kappa shape index (κ2) is 4.62. The van der Waals surface area contributed by atoms with Crippen molar-refractivity contribution in [1.82, 2.24) is 9.88 Å². The summed E-state index contributed by atoms with van der Waals surface area (Å²) in [5.74, 6) is 1.01. The summed E-state index contributed by atoms with van der Waals surface area (Å²) in [6, 6.07) is 4.70. The highest BCUT2D eigenvalue weighted by Crippen LogP contribution is 2.14. The topological polar surface area (TPSA) is 28.2 Å². The predicted octanol–water partition coefficient (Wildman–Crippen LogP) is 1.90. The van der Waals surface area contributed by atoms with Gasteiger partial charge in [-0.1, -0.05) is 6.92 Å². The number of hydrogen-bond donors (Lipinski definition) is 1. The van der Waals surface area contributed by atoms with Crippen LogP contribution in [0.4, 0.5) is 5.82 Å². The summed E-state index contributed by atoms with van der Waals surface area (Å²) in [7, 11) is 0. The third-order valence-electron chi connectivity index (χ3n) is 2.99. The molecule has 1 aliphatic heterocycles. The molecule has 0 spiro atoms. The number of anilines is 1. The van der Waals surface area contributed by atoms with E-state index < -0.39 is 0 Å². The first-order chi connectivity index (χ1) is 7.28. The first kappa shape index (κ1) is 10.4. The minimum Gasteiger partial charge on any atom is -0.366 e. The molecule has 1 aromatic heterocycles. The molecule has 1 aliphatic rings. The van der Waals surface area contributed by atoms with Crippen molar-refractivity contribution in [3.05, 3.63) is 23.9 Å². The lowest BCUT2D eigenvalue weighted by atomic mass is 10.2. The first-order valence-electron chi connectivity index (χ1n) is 5.69. The Hall–Kier alpha value is -1.09. The quantitative estimate of drug-likeness (QED) is 0.817. The van der Waals surface area contributed by atoms with E-state index in [9.17, 15) is 0 Å². The molecular weight excluding hydrogens is 186 g/mol. The number of aryl methyl sites for hydroxylation is 1. The van der Waals surface area contributed by atoms with Gasteiger partial charge in [0.1, 0.15) is 5.82 Å². The van der Waals surface area contributed by atoms with Crippen LogP contribution >= 0.6 is 0 Å². The number of rotatable bonds is 3. The molecule has 1 unspecified atom stereocenters. The average molecular weight is 205 g/mol. The Morgan fingerprint density at radius 3 is 3.13 bits per heavy atom. The Bertz CT molecular complexity index is 324. The molecule has 3 heteroatoms. The van der Waals surface area contributed by atoms with Crippen LogP contribution in [0, 0.1) is 6.92 Å². The van der Waals surface area contributed by atoms with E-state index in [4.69, 9.17) is 0 Å². The lowest BCUT2D eigenvalue weighted by Crippen LogP contribution is -2.26. The van der Waals surface area contributed by atoms with Gasteiger partial charge >= 0.3 is 0 Å². The Morgan fingerprint density at radius 1 is 1.60 bits per heavy atom. The maximum absolute atomic E-state index is 4.32. The number of nitrogens with one attached hydrogen (secondary N) is 1. The number of likely N-dealkylation sites (N-methyl/N-ethyl adjacent to an activating group) is 1. The summed E-state index contributed by atoms with van der Waals surface area (Å²) in [4.78, 5) is 6.79. The third-order valence-corrected chi connectivity index (χ3v) is 2.99. The van der Waals surface area contributed by atoms with Crippen molar-refractivity contribution in [1.29, 1.82) is 0 Å². The molecule has 2 heterocycles. The molecular formula is C12H19N3. The lowest BCUT2D eigenvalue weighted by Gasteiger charge is -2.15. The lowest BCUT2D eigenvalue weighted by molar-refractivity contribution is 0.356. The van der Waals surface area contributed by atoms with E-state index in [1.165, 1.54) is 18.5 Å². The van der Waals surface area contributed by atoms with Gasteiger partial charge in [-0.3, -0.25) is 0 Å². The SMILES string of the molecule is CCN1CCC(Nc2cc(C)ccn2)C1. The Balaban J connectivity index is 1.92. The van der Waals surface area contributed by atoms with Gasteiger partial charge in [-0.15, -0.1) is 0 Å². The minimum absolute atomic E-state index is 0.569. The normalized spacial score (nSPS) is 21.9. The minimum atomic E-state index is 0.569. The van der Waals surface area contributed by atoms with Crippen molar-refractivity contribution in [2.75, 3.05) is 25.0 Å². The summed E-state index contributed by atoms with van der Waals surface area (Å²) in [5.41, 5.74) is 1.26. The van der Waals surface area contributed by atoms with Gasteiger partial charge in [-0.2, -0.15) is 0 Å². The van der Waals surface area contributed by atoms with Gasteiger partial charge < -0.3 is 10.2 Å². The zero-order valence-corrected chi connectivity index (χ0v) is 9.53. The van der Waals surface area contributed by atoms with Gasteiger partial charge in [0.05, 0.1) is 0 Å². The van der Waals surface area contributed by atoms with E-state index in [1.807, 2.05) is 12.3 Å². The van der Waals surface area contributed by atoms with Crippen LogP contribution in [-0.2, 0) is 0 Å². The maximum atomic E-state index is 4.32. The molecule has 2 rings (SSSR count). The van der Waals surface area contributed by atoms with Crippen LogP contribution in [0.1, 0.15) is 18.9 Å². The summed E-state index contributed by atoms with van der Waals surface area (Å²) in [6.45, 7) is 7.82. The maximum Gasteiger partial charge on any atom is 0.126 e. The van der Waals surface area contributed by atoms with Gasteiger partial charge in [0.2, 0.25) is 0 Å². The molecule has 1 atom stereocenters. The zero-order chi connectivity index (χ0) is 10.7. The second-order valence-electron chi connectivity index (χ2n) is 4.24. The molecule has 3 nitrogen and oxygen atoms in total. The van der Waals surface area contributed by atoms with Crippen LogP contribution in [0.2, 0.25) is 0 Å². The molecule has 1 saturated heterocycles. The van der Waals surface area contributed by atoms with E-state index >= 15 is 0 Å². The number of pyridine rings is 1. The molecule has 0 aromatic carbocycles. The smallest absolute Gasteiger partial charge is 0.126 e. The molecule has 15 heavy (non-hydrogen) atoms. The Labute approximate surface area is 91.5 Å². The van der Waals surface area contributed by atoms with Crippen molar-refractivity contribution in [2.45, 2.75) is 26.3 Å². The number of nitrogens with zero attached hydrogens (tertiary/aromatic N) is 2. The van der Waals surface area contributed by atoms with Gasteiger partial charge in [0.15, 0.2) is 0 Å². The molecule has 0 bridgehead atoms. The zero-order valence-electron chi connectivity index (χ0n) is 9.53. The number of aromatic nitrogens is 1.